The molecule has 4 N–H and O–H groups in total. The fraction of sp³-hybridized carbons (Fsp3) is 0.385. The summed E-state index contributed by atoms with van der Waals surface area (Å²) in [7, 11) is 0. The zero-order chi connectivity index (χ0) is 17.3. The number of nitriles is 1. The minimum absolute atomic E-state index is 0.186. The fourth-order valence-corrected chi connectivity index (χ4v) is 2.40. The van der Waals surface area contributed by atoms with Gasteiger partial charge in [-0.25, -0.2) is 15.0 Å². The molecular formula is C13H14N6O5. The largest absolute Gasteiger partial charge is 0.394 e. The molecule has 0 unspecified atom stereocenters. The molecular weight excluding hydrogens is 320 g/mol. The van der Waals surface area contributed by atoms with Gasteiger partial charge >= 0.3 is 0 Å². The Morgan fingerprint density at radius 1 is 1.50 bits per heavy atom. The third-order valence-corrected chi connectivity index (χ3v) is 3.54. The number of nitrogens with zero attached hydrogens (tertiary/aromatic N) is 5. The Balaban J connectivity index is 1.87. The molecule has 0 aromatic carbocycles. The van der Waals surface area contributed by atoms with E-state index in [1.807, 2.05) is 0 Å². The predicted octanol–water partition coefficient (Wildman–Crippen LogP) is -0.987. The summed E-state index contributed by atoms with van der Waals surface area (Å²) in [6, 6.07) is 1.63. The van der Waals surface area contributed by atoms with Gasteiger partial charge in [0.25, 0.3) is 0 Å². The highest BCUT2D eigenvalue weighted by molar-refractivity contribution is 5.81. The van der Waals surface area contributed by atoms with Gasteiger partial charge < -0.3 is 25.6 Å². The quantitative estimate of drug-likeness (QED) is 0.268. The number of anilines is 1. The Morgan fingerprint density at radius 2 is 2.29 bits per heavy atom. The Bertz CT molecular complexity index is 802. The Kier molecular flexibility index (Phi) is 4.28. The van der Waals surface area contributed by atoms with Crippen LogP contribution in [0.5, 0.6) is 0 Å². The van der Waals surface area contributed by atoms with E-state index in [0.717, 1.165) is 0 Å². The normalized spacial score (nSPS) is 26.4. The second-order valence-corrected chi connectivity index (χ2v) is 5.00. The van der Waals surface area contributed by atoms with Crippen molar-refractivity contribution in [1.82, 2.24) is 19.5 Å². The molecule has 2 aromatic heterocycles. The molecule has 1 fully saturated rings. The van der Waals surface area contributed by atoms with Crippen LogP contribution in [0, 0.1) is 11.3 Å². The number of hydrogen-bond acceptors (Lipinski definition) is 10. The van der Waals surface area contributed by atoms with Gasteiger partial charge in [-0.1, -0.05) is 0 Å². The fourth-order valence-electron chi connectivity index (χ4n) is 2.40. The first-order chi connectivity index (χ1) is 11.6. The Hall–Kier alpha value is -2.78. The molecule has 1 saturated heterocycles. The van der Waals surface area contributed by atoms with Gasteiger partial charge in [-0.3, -0.25) is 4.57 Å². The Morgan fingerprint density at radius 3 is 3.00 bits per heavy atom. The molecule has 1 aliphatic rings. The van der Waals surface area contributed by atoms with Gasteiger partial charge in [0.1, 0.15) is 30.1 Å². The van der Waals surface area contributed by atoms with Crippen LogP contribution in [0.1, 0.15) is 6.23 Å². The summed E-state index contributed by atoms with van der Waals surface area (Å²) in [6.07, 6.45) is -1.49. The number of fused-ring (bicyclic) bond motifs is 1. The van der Waals surface area contributed by atoms with Gasteiger partial charge in [-0.15, -0.1) is 0 Å². The van der Waals surface area contributed by atoms with Crippen LogP contribution < -0.4 is 5.73 Å². The molecule has 11 nitrogen and oxygen atoms in total. The number of nitrogen functional groups attached to an aromatic ring is 1. The van der Waals surface area contributed by atoms with Crippen LogP contribution in [0.2, 0.25) is 0 Å². The highest BCUT2D eigenvalue weighted by Gasteiger charge is 2.47. The third-order valence-electron chi connectivity index (χ3n) is 3.54. The number of ether oxygens (including phenoxy) is 1. The van der Waals surface area contributed by atoms with E-state index in [2.05, 4.69) is 26.4 Å². The highest BCUT2D eigenvalue weighted by atomic mass is 17.2. The number of imidazole rings is 1. The first-order valence-corrected chi connectivity index (χ1v) is 6.86. The smallest absolute Gasteiger partial charge is 0.234 e. The molecule has 3 rings (SSSR count). The number of aromatic nitrogens is 4. The second-order valence-electron chi connectivity index (χ2n) is 5.00. The summed E-state index contributed by atoms with van der Waals surface area (Å²) in [5.74, 6) is -0.109. The van der Waals surface area contributed by atoms with E-state index >= 15 is 0 Å². The second kappa shape index (κ2) is 6.38. The van der Waals surface area contributed by atoms with E-state index in [0.29, 0.717) is 11.2 Å². The molecule has 2 aromatic rings. The van der Waals surface area contributed by atoms with Gasteiger partial charge in [0, 0.05) is 0 Å². The first kappa shape index (κ1) is 16.1. The molecule has 24 heavy (non-hydrogen) atoms. The van der Waals surface area contributed by atoms with E-state index in [-0.39, 0.29) is 11.6 Å². The predicted molar refractivity (Wildman–Crippen MR) is 77.4 cm³/mol. The van der Waals surface area contributed by atoms with Crippen LogP contribution in [0.4, 0.5) is 5.82 Å². The minimum Gasteiger partial charge on any atom is -0.394 e. The summed E-state index contributed by atoms with van der Waals surface area (Å²) in [4.78, 5) is 21.7. The van der Waals surface area contributed by atoms with Crippen molar-refractivity contribution in [3.63, 3.8) is 0 Å². The van der Waals surface area contributed by atoms with Crippen LogP contribution in [-0.4, -0.2) is 54.7 Å². The number of rotatable bonds is 5. The van der Waals surface area contributed by atoms with Gasteiger partial charge in [0.2, 0.25) is 5.76 Å². The summed E-state index contributed by atoms with van der Waals surface area (Å²) >= 11 is 0. The number of nitrogens with two attached hydrogens (primary N) is 1. The maximum absolute atomic E-state index is 10.5. The van der Waals surface area contributed by atoms with Gasteiger partial charge in [-0.2, -0.15) is 10.1 Å². The van der Waals surface area contributed by atoms with Crippen molar-refractivity contribution >= 4 is 17.0 Å². The molecule has 4 atom stereocenters. The van der Waals surface area contributed by atoms with Crippen molar-refractivity contribution in [3.8, 4) is 6.07 Å². The van der Waals surface area contributed by atoms with Crippen molar-refractivity contribution in [3.05, 3.63) is 25.0 Å². The molecule has 11 heteroatoms. The van der Waals surface area contributed by atoms with Crippen molar-refractivity contribution in [2.24, 2.45) is 0 Å². The number of aliphatic hydroxyl groups is 2. The topological polar surface area (TPSA) is 162 Å². The van der Waals surface area contributed by atoms with Crippen molar-refractivity contribution < 1.29 is 24.7 Å². The number of hydrogen-bond donors (Lipinski definition) is 3. The van der Waals surface area contributed by atoms with E-state index in [1.54, 1.807) is 6.07 Å². The monoisotopic (exact) mass is 334 g/mol. The Labute approximate surface area is 135 Å². The molecule has 3 heterocycles. The standard InChI is InChI=1S/C13H14N6O5/c1-6(2-14)23-24-10-7(3-20)22-13(9(10)21)19-5-18-8-11(15)16-4-17-12(8)19/h4-5,7,9-10,13,20-21H,1,3H2,(H2,15,16,17)/t7-,9-,10-,13-/m1/s1. The zero-order valence-corrected chi connectivity index (χ0v) is 12.3. The van der Waals surface area contributed by atoms with Crippen molar-refractivity contribution in [1.29, 1.82) is 5.26 Å². The lowest BCUT2D eigenvalue weighted by Crippen LogP contribution is -2.36. The summed E-state index contributed by atoms with van der Waals surface area (Å²) < 4.78 is 7.05. The third kappa shape index (κ3) is 2.63. The van der Waals surface area contributed by atoms with Crippen LogP contribution in [0.25, 0.3) is 11.2 Å². The van der Waals surface area contributed by atoms with E-state index in [4.69, 9.17) is 20.6 Å². The maximum Gasteiger partial charge on any atom is 0.234 e. The van der Waals surface area contributed by atoms with Crippen molar-refractivity contribution in [2.75, 3.05) is 12.3 Å². The molecule has 0 aliphatic carbocycles. The van der Waals surface area contributed by atoms with Crippen LogP contribution in [0.3, 0.4) is 0 Å². The first-order valence-electron chi connectivity index (χ1n) is 6.86. The molecule has 126 valence electrons. The van der Waals surface area contributed by atoms with Gasteiger partial charge in [0.05, 0.1) is 12.9 Å². The average molecular weight is 334 g/mol. The van der Waals surface area contributed by atoms with Crippen LogP contribution in [-0.2, 0) is 14.5 Å². The number of aliphatic hydroxyl groups excluding tert-OH is 2. The van der Waals surface area contributed by atoms with Crippen LogP contribution >= 0.6 is 0 Å². The molecule has 0 amide bonds. The van der Waals surface area contributed by atoms with Gasteiger partial charge in [-0.05, 0) is 6.58 Å². The lowest BCUT2D eigenvalue weighted by molar-refractivity contribution is -0.310. The SMILES string of the molecule is C=C(C#N)OO[C@H]1[C@@H](O)[C@H](n2cnc3c(N)ncnc32)O[C@@H]1CO. The number of allylic oxidation sites excluding steroid dienone is 1. The maximum atomic E-state index is 10.5. The molecule has 0 spiro atoms. The van der Waals surface area contributed by atoms with E-state index in [1.165, 1.54) is 17.2 Å². The van der Waals surface area contributed by atoms with E-state index < -0.39 is 31.1 Å². The highest BCUT2D eigenvalue weighted by Crippen LogP contribution is 2.33. The summed E-state index contributed by atoms with van der Waals surface area (Å²) in [5, 5.41) is 28.5. The van der Waals surface area contributed by atoms with Gasteiger partial charge in [0.15, 0.2) is 23.8 Å². The molecule has 1 aliphatic heterocycles. The molecule has 0 saturated carbocycles. The lowest BCUT2D eigenvalue weighted by Gasteiger charge is -2.18. The molecule has 0 radical (unpaired) electrons. The molecule has 0 bridgehead atoms. The average Bonchev–Trinajstić information content (AvgIpc) is 3.14. The zero-order valence-electron chi connectivity index (χ0n) is 12.3. The lowest BCUT2D eigenvalue weighted by atomic mass is 10.1. The minimum atomic E-state index is -1.23. The van der Waals surface area contributed by atoms with Crippen molar-refractivity contribution in [2.45, 2.75) is 24.5 Å². The summed E-state index contributed by atoms with van der Waals surface area (Å²) in [5.41, 5.74) is 6.43. The van der Waals surface area contributed by atoms with E-state index in [9.17, 15) is 10.2 Å². The summed E-state index contributed by atoms with van der Waals surface area (Å²) in [6.45, 7) is 2.85. The van der Waals surface area contributed by atoms with Crippen LogP contribution in [0.15, 0.2) is 25.0 Å².